The van der Waals surface area contributed by atoms with Gasteiger partial charge in [0.05, 0.1) is 23.6 Å². The van der Waals surface area contributed by atoms with Crippen LogP contribution in [0.4, 0.5) is 10.1 Å². The number of non-ortho nitro benzene ring substituents is 1. The first kappa shape index (κ1) is 18.3. The fraction of sp³-hybridized carbons (Fsp3) is 0.286. The minimum absolute atomic E-state index is 0.0797. The van der Waals surface area contributed by atoms with Crippen LogP contribution in [-0.4, -0.2) is 30.1 Å². The molecule has 28 heavy (non-hydrogen) atoms. The molecule has 0 spiro atoms. The average Bonchev–Trinajstić information content (AvgIpc) is 2.72. The zero-order valence-electron chi connectivity index (χ0n) is 15.1. The molecule has 3 aliphatic heterocycles. The third kappa shape index (κ3) is 3.53. The number of piperidine rings is 3. The monoisotopic (exact) mass is 383 g/mol. The van der Waals surface area contributed by atoms with Crippen LogP contribution in [0, 0.1) is 21.8 Å². The Morgan fingerprint density at radius 2 is 1.82 bits per heavy atom. The van der Waals surface area contributed by atoms with E-state index in [1.54, 1.807) is 24.3 Å². The van der Waals surface area contributed by atoms with Crippen molar-refractivity contribution in [1.29, 1.82) is 0 Å². The zero-order chi connectivity index (χ0) is 19.7. The van der Waals surface area contributed by atoms with Crippen molar-refractivity contribution in [2.45, 2.75) is 18.9 Å². The van der Waals surface area contributed by atoms with Gasteiger partial charge in [0.15, 0.2) is 6.10 Å². The summed E-state index contributed by atoms with van der Waals surface area (Å²) in [5, 5.41) is 10.8. The van der Waals surface area contributed by atoms with Crippen molar-refractivity contribution in [3.63, 3.8) is 0 Å². The van der Waals surface area contributed by atoms with Crippen LogP contribution in [0.25, 0.3) is 6.08 Å². The number of quaternary nitrogens is 1. The molecule has 3 fully saturated rings. The third-order valence-corrected chi connectivity index (χ3v) is 5.54. The van der Waals surface area contributed by atoms with E-state index in [9.17, 15) is 19.3 Å². The number of nitrogens with zero attached hydrogens (tertiary/aromatic N) is 1. The molecule has 3 saturated heterocycles. The van der Waals surface area contributed by atoms with Gasteiger partial charge in [0.2, 0.25) is 0 Å². The predicted octanol–water partition coefficient (Wildman–Crippen LogP) is 2.61. The van der Waals surface area contributed by atoms with Crippen LogP contribution >= 0.6 is 0 Å². The number of carbonyl (C=O) groups excluding carboxylic acids is 1. The first-order chi connectivity index (χ1) is 13.5. The van der Waals surface area contributed by atoms with E-state index in [2.05, 4.69) is 0 Å². The highest BCUT2D eigenvalue weighted by Crippen LogP contribution is 2.29. The minimum Gasteiger partial charge on any atom is -0.448 e. The number of rotatable bonds is 4. The average molecular weight is 383 g/mol. The fourth-order valence-electron chi connectivity index (χ4n) is 4.04. The predicted molar refractivity (Wildman–Crippen MR) is 100 cm³/mol. The standard InChI is InChI=1S/C21H19FN2O4/c22-18-4-2-1-3-16(18)13-19-20(14-9-11-23(19)12-10-14)28-21(25)15-5-7-17(8-6-15)24(26)27/h1-8,13-14,20H,9-12H2/p+1/b19-13-/t20-/m1/s1. The van der Waals surface area contributed by atoms with E-state index in [-0.39, 0.29) is 23.0 Å². The van der Waals surface area contributed by atoms with Gasteiger partial charge in [-0.2, -0.15) is 0 Å². The Hall–Kier alpha value is -3.06. The van der Waals surface area contributed by atoms with E-state index in [1.165, 1.54) is 35.2 Å². The van der Waals surface area contributed by atoms with E-state index >= 15 is 0 Å². The molecule has 144 valence electrons. The highest BCUT2D eigenvalue weighted by molar-refractivity contribution is 5.90. The minimum atomic E-state index is -0.521. The Kier molecular flexibility index (Phi) is 4.92. The number of benzene rings is 2. The third-order valence-electron chi connectivity index (χ3n) is 5.54. The Bertz CT molecular complexity index is 934. The molecule has 2 aromatic carbocycles. The molecule has 0 unspecified atom stereocenters. The van der Waals surface area contributed by atoms with Crippen molar-refractivity contribution in [3.05, 3.63) is 81.3 Å². The second-order valence-electron chi connectivity index (χ2n) is 7.19. The van der Waals surface area contributed by atoms with Gasteiger partial charge in [0.1, 0.15) is 11.5 Å². The van der Waals surface area contributed by atoms with Gasteiger partial charge in [-0.1, -0.05) is 18.2 Å². The smallest absolute Gasteiger partial charge is 0.338 e. The second-order valence-corrected chi connectivity index (χ2v) is 7.19. The molecule has 7 heteroatoms. The second kappa shape index (κ2) is 7.52. The Balaban J connectivity index is 1.60. The van der Waals surface area contributed by atoms with Crippen molar-refractivity contribution in [1.82, 2.24) is 0 Å². The van der Waals surface area contributed by atoms with Gasteiger partial charge < -0.3 is 9.64 Å². The van der Waals surface area contributed by atoms with Gasteiger partial charge in [-0.25, -0.2) is 9.18 Å². The maximum Gasteiger partial charge on any atom is 0.338 e. The maximum atomic E-state index is 14.1. The van der Waals surface area contributed by atoms with Crippen LogP contribution in [0.1, 0.15) is 28.8 Å². The number of fused-ring (bicyclic) bond motifs is 3. The molecule has 0 aromatic heterocycles. The van der Waals surface area contributed by atoms with Crippen LogP contribution < -0.4 is 4.90 Å². The zero-order valence-corrected chi connectivity index (χ0v) is 15.1. The first-order valence-electron chi connectivity index (χ1n) is 9.29. The van der Waals surface area contributed by atoms with Gasteiger partial charge in [0.25, 0.3) is 5.69 Å². The Morgan fingerprint density at radius 3 is 2.46 bits per heavy atom. The van der Waals surface area contributed by atoms with E-state index in [1.807, 2.05) is 0 Å². The Labute approximate surface area is 161 Å². The number of carbonyl (C=O) groups is 1. The van der Waals surface area contributed by atoms with Crippen molar-refractivity contribution < 1.29 is 23.7 Å². The molecule has 5 rings (SSSR count). The highest BCUT2D eigenvalue weighted by Gasteiger charge is 2.44. The summed E-state index contributed by atoms with van der Waals surface area (Å²) >= 11 is 0. The van der Waals surface area contributed by atoms with Gasteiger partial charge in [0, 0.05) is 42.5 Å². The summed E-state index contributed by atoms with van der Waals surface area (Å²) in [6, 6.07) is 11.9. The quantitative estimate of drug-likeness (QED) is 0.500. The molecule has 3 aliphatic rings. The molecule has 0 radical (unpaired) electrons. The van der Waals surface area contributed by atoms with Gasteiger partial charge >= 0.3 is 5.97 Å². The lowest BCUT2D eigenvalue weighted by Crippen LogP contribution is -3.14. The molecular weight excluding hydrogens is 363 g/mol. The number of nitrogens with one attached hydrogen (secondary N) is 1. The van der Waals surface area contributed by atoms with Crippen molar-refractivity contribution >= 4 is 17.7 Å². The SMILES string of the molecule is O=C(O[C@H]1/C(=C/c2ccccc2F)[NH+]2CCC1CC2)c1ccc([N+](=O)[O-])cc1. The summed E-state index contributed by atoms with van der Waals surface area (Å²) in [7, 11) is 0. The van der Waals surface area contributed by atoms with Crippen LogP contribution in [0.3, 0.4) is 0 Å². The normalized spacial score (nSPS) is 24.9. The summed E-state index contributed by atoms with van der Waals surface area (Å²) in [5.74, 6) is -0.623. The van der Waals surface area contributed by atoms with Gasteiger partial charge in [-0.15, -0.1) is 0 Å². The number of hydrogen-bond acceptors (Lipinski definition) is 4. The molecular formula is C21H20FN2O4+. The van der Waals surface area contributed by atoms with Crippen molar-refractivity contribution in [3.8, 4) is 0 Å². The molecule has 0 saturated carbocycles. The van der Waals surface area contributed by atoms with E-state index < -0.39 is 17.0 Å². The number of ether oxygens (including phenoxy) is 1. The lowest BCUT2D eigenvalue weighted by Gasteiger charge is -2.42. The van der Waals surface area contributed by atoms with Crippen LogP contribution in [-0.2, 0) is 4.74 Å². The van der Waals surface area contributed by atoms with Crippen LogP contribution in [0.5, 0.6) is 0 Å². The number of nitro groups is 1. The van der Waals surface area contributed by atoms with E-state index in [0.29, 0.717) is 5.56 Å². The molecule has 0 amide bonds. The highest BCUT2D eigenvalue weighted by atomic mass is 19.1. The maximum absolute atomic E-state index is 14.1. The molecule has 0 aliphatic carbocycles. The number of esters is 1. The molecule has 3 heterocycles. The molecule has 6 nitrogen and oxygen atoms in total. The summed E-state index contributed by atoms with van der Waals surface area (Å²) < 4.78 is 19.9. The number of halogens is 1. The summed E-state index contributed by atoms with van der Waals surface area (Å²) in [4.78, 5) is 24.1. The molecule has 1 N–H and O–H groups in total. The van der Waals surface area contributed by atoms with Gasteiger partial charge in [-0.3, -0.25) is 10.1 Å². The molecule has 1 atom stereocenters. The lowest BCUT2D eigenvalue weighted by molar-refractivity contribution is -0.880. The van der Waals surface area contributed by atoms with Crippen molar-refractivity contribution in [2.24, 2.45) is 5.92 Å². The topological polar surface area (TPSA) is 73.9 Å². The molecule has 2 bridgehead atoms. The van der Waals surface area contributed by atoms with Crippen LogP contribution in [0.15, 0.2) is 54.2 Å². The first-order valence-corrected chi connectivity index (χ1v) is 9.29. The van der Waals surface area contributed by atoms with Crippen LogP contribution in [0.2, 0.25) is 0 Å². The summed E-state index contributed by atoms with van der Waals surface area (Å²) in [6.07, 6.45) is 3.27. The molecule has 2 aromatic rings. The van der Waals surface area contributed by atoms with Gasteiger partial charge in [-0.05, 0) is 18.2 Å². The summed E-state index contributed by atoms with van der Waals surface area (Å²) in [5.41, 5.74) is 1.56. The lowest BCUT2D eigenvalue weighted by atomic mass is 9.82. The summed E-state index contributed by atoms with van der Waals surface area (Å²) in [6.45, 7) is 1.88. The number of hydrogen-bond donors (Lipinski definition) is 1. The largest absolute Gasteiger partial charge is 0.448 e. The Morgan fingerprint density at radius 1 is 1.14 bits per heavy atom. The number of nitro benzene ring substituents is 1. The van der Waals surface area contributed by atoms with E-state index in [0.717, 1.165) is 31.6 Å². The van der Waals surface area contributed by atoms with Crippen molar-refractivity contribution in [2.75, 3.05) is 13.1 Å². The van der Waals surface area contributed by atoms with E-state index in [4.69, 9.17) is 4.74 Å². The fourth-order valence-corrected chi connectivity index (χ4v) is 4.04.